The van der Waals surface area contributed by atoms with Crippen molar-refractivity contribution in [2.24, 2.45) is 0 Å². The predicted octanol–water partition coefficient (Wildman–Crippen LogP) is 2.19. The third-order valence-electron chi connectivity index (χ3n) is 4.95. The van der Waals surface area contributed by atoms with Gasteiger partial charge in [0.05, 0.1) is 11.6 Å². The second-order valence-electron chi connectivity index (χ2n) is 7.49. The number of aromatic nitrogens is 2. The number of H-pyrrole nitrogens is 1. The number of anilines is 2. The Hall–Kier alpha value is -4.05. The van der Waals surface area contributed by atoms with Crippen molar-refractivity contribution in [1.29, 1.82) is 0 Å². The Balaban J connectivity index is 1.75. The summed E-state index contributed by atoms with van der Waals surface area (Å²) in [5, 5.41) is 0.325. The molecule has 0 radical (unpaired) electrons. The zero-order valence-electron chi connectivity index (χ0n) is 19.0. The minimum absolute atomic E-state index is 0.0951. The van der Waals surface area contributed by atoms with Gasteiger partial charge in [-0.05, 0) is 24.1 Å². The summed E-state index contributed by atoms with van der Waals surface area (Å²) in [5.41, 5.74) is 5.27. The van der Waals surface area contributed by atoms with Crippen LogP contribution >= 0.6 is 11.6 Å². The summed E-state index contributed by atoms with van der Waals surface area (Å²) < 4.78 is 11.5. The highest BCUT2D eigenvalue weighted by atomic mass is 35.5. The fourth-order valence-electron chi connectivity index (χ4n) is 3.31. The number of halogens is 1. The second kappa shape index (κ2) is 11.9. The highest BCUT2D eigenvalue weighted by molar-refractivity contribution is 6.32. The number of benzene rings is 2. The molecule has 1 heterocycles. The number of rotatable bonds is 10. The number of nitrogen functional groups attached to an aromatic ring is 1. The van der Waals surface area contributed by atoms with Gasteiger partial charge in [-0.1, -0.05) is 61.0 Å². The quantitative estimate of drug-likeness (QED) is 0.407. The van der Waals surface area contributed by atoms with Gasteiger partial charge in [-0.25, -0.2) is 9.59 Å². The number of hydrogen-bond donors (Lipinski definition) is 2. The number of carbonyl (C=O) groups is 2. The van der Waals surface area contributed by atoms with Gasteiger partial charge in [0.15, 0.2) is 18.9 Å². The Morgan fingerprint density at radius 3 is 2.43 bits per heavy atom. The summed E-state index contributed by atoms with van der Waals surface area (Å²) >= 11 is 5.98. The highest BCUT2D eigenvalue weighted by Crippen LogP contribution is 2.23. The lowest BCUT2D eigenvalue weighted by atomic mass is 10.2. The molecule has 10 nitrogen and oxygen atoms in total. The van der Waals surface area contributed by atoms with Gasteiger partial charge in [0.2, 0.25) is 0 Å². The molecule has 3 N–H and O–H groups in total. The van der Waals surface area contributed by atoms with Crippen molar-refractivity contribution in [1.82, 2.24) is 9.55 Å². The summed E-state index contributed by atoms with van der Waals surface area (Å²) in [6.07, 6.45) is 0.478. The maximum absolute atomic E-state index is 12.9. The van der Waals surface area contributed by atoms with Crippen molar-refractivity contribution in [3.05, 3.63) is 86.0 Å². The average molecular weight is 501 g/mol. The van der Waals surface area contributed by atoms with Gasteiger partial charge < -0.3 is 20.1 Å². The zero-order valence-corrected chi connectivity index (χ0v) is 19.8. The van der Waals surface area contributed by atoms with E-state index >= 15 is 0 Å². The molecule has 0 spiro atoms. The molecule has 0 aliphatic rings. The van der Waals surface area contributed by atoms with Crippen LogP contribution in [-0.4, -0.2) is 41.2 Å². The van der Waals surface area contributed by atoms with Gasteiger partial charge in [-0.2, -0.15) is 0 Å². The monoisotopic (exact) mass is 500 g/mol. The first-order valence-electron chi connectivity index (χ1n) is 10.8. The van der Waals surface area contributed by atoms with Gasteiger partial charge in [0.25, 0.3) is 11.5 Å². The van der Waals surface area contributed by atoms with E-state index in [9.17, 15) is 19.2 Å². The molecule has 0 saturated carbocycles. The van der Waals surface area contributed by atoms with E-state index < -0.39 is 36.3 Å². The molecular formula is C24H25ClN4O6. The van der Waals surface area contributed by atoms with Gasteiger partial charge >= 0.3 is 11.7 Å². The van der Waals surface area contributed by atoms with Crippen LogP contribution in [0.5, 0.6) is 5.75 Å². The molecule has 1 aromatic heterocycles. The zero-order chi connectivity index (χ0) is 25.4. The van der Waals surface area contributed by atoms with Crippen LogP contribution in [0.3, 0.4) is 0 Å². The van der Waals surface area contributed by atoms with Crippen LogP contribution in [0.4, 0.5) is 11.5 Å². The number of esters is 1. The topological polar surface area (TPSA) is 137 Å². The van der Waals surface area contributed by atoms with E-state index in [0.717, 1.165) is 10.5 Å². The van der Waals surface area contributed by atoms with Gasteiger partial charge in [0.1, 0.15) is 11.6 Å². The highest BCUT2D eigenvalue weighted by Gasteiger charge is 2.25. The van der Waals surface area contributed by atoms with Crippen molar-refractivity contribution in [2.45, 2.75) is 19.9 Å². The van der Waals surface area contributed by atoms with Crippen LogP contribution < -0.4 is 26.6 Å². The summed E-state index contributed by atoms with van der Waals surface area (Å²) in [6, 6.07) is 15.6. The van der Waals surface area contributed by atoms with Crippen LogP contribution in [0, 0.1) is 0 Å². The molecule has 0 unspecified atom stereocenters. The minimum atomic E-state index is -0.813. The number of hydrogen-bond acceptors (Lipinski definition) is 7. The first kappa shape index (κ1) is 25.6. The number of nitrogens with two attached hydrogens (primary N) is 1. The molecule has 35 heavy (non-hydrogen) atoms. The van der Waals surface area contributed by atoms with E-state index in [0.29, 0.717) is 17.2 Å². The molecule has 1 amide bonds. The van der Waals surface area contributed by atoms with E-state index in [4.69, 9.17) is 26.8 Å². The largest absolute Gasteiger partial charge is 0.480 e. The van der Waals surface area contributed by atoms with Gasteiger partial charge in [-0.15, -0.1) is 0 Å². The number of para-hydroxylation sites is 1. The van der Waals surface area contributed by atoms with Crippen molar-refractivity contribution in [3.63, 3.8) is 0 Å². The molecule has 2 aromatic carbocycles. The number of nitrogens with one attached hydrogen (secondary N) is 1. The van der Waals surface area contributed by atoms with E-state index in [1.54, 1.807) is 55.5 Å². The maximum atomic E-state index is 12.9. The number of amides is 1. The summed E-state index contributed by atoms with van der Waals surface area (Å²) in [5.74, 6) is -1.35. The summed E-state index contributed by atoms with van der Waals surface area (Å²) in [7, 11) is 0. The van der Waals surface area contributed by atoms with Crippen LogP contribution in [0.15, 0.2) is 64.2 Å². The number of carbonyl (C=O) groups excluding carboxylic acids is 2. The maximum Gasteiger partial charge on any atom is 0.344 e. The molecule has 0 fully saturated rings. The fourth-order valence-corrected chi connectivity index (χ4v) is 3.50. The summed E-state index contributed by atoms with van der Waals surface area (Å²) in [6.45, 7) is 0.895. The van der Waals surface area contributed by atoms with E-state index in [1.165, 1.54) is 4.57 Å². The Morgan fingerprint density at radius 2 is 1.74 bits per heavy atom. The number of aromatic amines is 1. The lowest BCUT2D eigenvalue weighted by Gasteiger charge is -2.24. The fraction of sp³-hybridized carbons (Fsp3) is 0.250. The van der Waals surface area contributed by atoms with Crippen molar-refractivity contribution in [2.75, 3.05) is 30.4 Å². The number of ether oxygens (including phenoxy) is 2. The molecule has 184 valence electrons. The standard InChI is InChI=1S/C24H25ClN4O6/c1-2-12-28(19(30)14-35-20(31)15-34-18-11-7-6-10-17(18)25)21-22(26)29(24(33)27-23(21)32)13-16-8-4-3-5-9-16/h3-11H,2,12-15,26H2,1H3,(H,27,32,33). The van der Waals surface area contributed by atoms with Crippen LogP contribution in [0.25, 0.3) is 0 Å². The smallest absolute Gasteiger partial charge is 0.344 e. The van der Waals surface area contributed by atoms with Crippen molar-refractivity contribution < 1.29 is 19.1 Å². The number of nitrogens with zero attached hydrogens (tertiary/aromatic N) is 2. The first-order valence-corrected chi connectivity index (χ1v) is 11.2. The molecule has 0 aliphatic carbocycles. The van der Waals surface area contributed by atoms with Gasteiger partial charge in [0, 0.05) is 6.54 Å². The Labute approximate surface area is 205 Å². The SMILES string of the molecule is CCCN(C(=O)COC(=O)COc1ccccc1Cl)c1c(N)n(Cc2ccccc2)c(=O)[nH]c1=O. The van der Waals surface area contributed by atoms with Gasteiger partial charge in [-0.3, -0.25) is 19.1 Å². The Kier molecular flexibility index (Phi) is 8.69. The molecule has 11 heteroatoms. The molecule has 0 aliphatic heterocycles. The molecule has 0 saturated heterocycles. The molecule has 0 bridgehead atoms. The van der Waals surface area contributed by atoms with E-state index in [2.05, 4.69) is 4.98 Å². The lowest BCUT2D eigenvalue weighted by Crippen LogP contribution is -2.43. The van der Waals surface area contributed by atoms with E-state index in [1.807, 2.05) is 6.07 Å². The second-order valence-corrected chi connectivity index (χ2v) is 7.90. The molecule has 0 atom stereocenters. The Bertz CT molecular complexity index is 1310. The summed E-state index contributed by atoms with van der Waals surface area (Å²) in [4.78, 5) is 53.4. The first-order chi connectivity index (χ1) is 16.8. The third kappa shape index (κ3) is 6.51. The normalized spacial score (nSPS) is 10.6. The van der Waals surface area contributed by atoms with Crippen molar-refractivity contribution >= 4 is 35.0 Å². The van der Waals surface area contributed by atoms with E-state index in [-0.39, 0.29) is 24.6 Å². The van der Waals surface area contributed by atoms with Crippen LogP contribution in [0.2, 0.25) is 5.02 Å². The molecule has 3 aromatic rings. The predicted molar refractivity (Wildman–Crippen MR) is 132 cm³/mol. The molecule has 3 rings (SSSR count). The minimum Gasteiger partial charge on any atom is -0.480 e. The van der Waals surface area contributed by atoms with Crippen LogP contribution in [0.1, 0.15) is 18.9 Å². The van der Waals surface area contributed by atoms with Crippen molar-refractivity contribution in [3.8, 4) is 5.75 Å². The van der Waals surface area contributed by atoms with Crippen LogP contribution in [-0.2, 0) is 20.9 Å². The average Bonchev–Trinajstić information content (AvgIpc) is 2.84. The Morgan fingerprint density at radius 1 is 1.06 bits per heavy atom. The third-order valence-corrected chi connectivity index (χ3v) is 5.27. The lowest BCUT2D eigenvalue weighted by molar-refractivity contribution is -0.149. The molecular weight excluding hydrogens is 476 g/mol.